The number of nitrogens with zero attached hydrogens (tertiary/aromatic N) is 2. The number of amidine groups is 1. The van der Waals surface area contributed by atoms with E-state index >= 15 is 0 Å². The van der Waals surface area contributed by atoms with Gasteiger partial charge in [0.15, 0.2) is 0 Å². The van der Waals surface area contributed by atoms with E-state index in [1.54, 1.807) is 13.8 Å². The molecule has 1 aliphatic heterocycles. The van der Waals surface area contributed by atoms with E-state index in [9.17, 15) is 29.3 Å². The minimum absolute atomic E-state index is 0.000395. The number of nitro groups is 1. The number of allylic oxidation sites excluding steroid dienone is 2. The summed E-state index contributed by atoms with van der Waals surface area (Å²) >= 11 is 0. The van der Waals surface area contributed by atoms with Gasteiger partial charge in [-0.1, -0.05) is 12.1 Å². The number of hydrogen-bond acceptors (Lipinski definition) is 12. The SMILES string of the molecule is COCCOC(=O)C1=C(C)N(C(=O)OCOC(=O)CCC(=N)N)C(C)=C(C(=O)OC(C)C)C1c1cccc([N+](=O)[O-])c1. The zero-order chi connectivity index (χ0) is 31.6. The first kappa shape index (κ1) is 33.4. The Morgan fingerprint density at radius 2 is 1.67 bits per heavy atom. The maximum Gasteiger partial charge on any atom is 0.421 e. The predicted molar refractivity (Wildman–Crippen MR) is 146 cm³/mol. The van der Waals surface area contributed by atoms with E-state index in [1.807, 2.05) is 0 Å². The summed E-state index contributed by atoms with van der Waals surface area (Å²) in [5.41, 5.74) is 4.80. The van der Waals surface area contributed by atoms with Gasteiger partial charge in [0, 0.05) is 37.1 Å². The summed E-state index contributed by atoms with van der Waals surface area (Å²) in [6.07, 6.45) is -1.94. The monoisotopic (exact) mass is 590 g/mol. The van der Waals surface area contributed by atoms with E-state index in [-0.39, 0.29) is 65.7 Å². The number of benzene rings is 1. The number of hydrogen-bond donors (Lipinski definition) is 2. The van der Waals surface area contributed by atoms with Crippen molar-refractivity contribution in [3.8, 4) is 0 Å². The molecule has 228 valence electrons. The van der Waals surface area contributed by atoms with Crippen molar-refractivity contribution in [2.75, 3.05) is 27.1 Å². The zero-order valence-electron chi connectivity index (χ0n) is 24.0. The summed E-state index contributed by atoms with van der Waals surface area (Å²) in [4.78, 5) is 63.9. The van der Waals surface area contributed by atoms with Crippen LogP contribution < -0.4 is 5.73 Å². The van der Waals surface area contributed by atoms with E-state index in [1.165, 1.54) is 45.2 Å². The molecule has 0 radical (unpaired) electrons. The van der Waals surface area contributed by atoms with Crippen molar-refractivity contribution in [3.05, 3.63) is 62.5 Å². The van der Waals surface area contributed by atoms with Crippen molar-refractivity contribution in [1.29, 1.82) is 5.41 Å². The van der Waals surface area contributed by atoms with Crippen LogP contribution in [0.1, 0.15) is 52.0 Å². The largest absolute Gasteiger partial charge is 0.460 e. The Morgan fingerprint density at radius 1 is 1.02 bits per heavy atom. The van der Waals surface area contributed by atoms with E-state index in [0.29, 0.717) is 0 Å². The van der Waals surface area contributed by atoms with Gasteiger partial charge in [0.2, 0.25) is 6.79 Å². The molecular formula is C27H34N4O11. The van der Waals surface area contributed by atoms with Gasteiger partial charge in [0.25, 0.3) is 5.69 Å². The average Bonchev–Trinajstić information content (AvgIpc) is 2.91. The number of nitrogens with two attached hydrogens (primary N) is 1. The van der Waals surface area contributed by atoms with Crippen LogP contribution in [-0.2, 0) is 38.1 Å². The molecule has 3 N–H and O–H groups in total. The molecule has 15 nitrogen and oxygen atoms in total. The van der Waals surface area contributed by atoms with Gasteiger partial charge in [-0.2, -0.15) is 0 Å². The maximum absolute atomic E-state index is 13.5. The molecule has 1 amide bonds. The van der Waals surface area contributed by atoms with Gasteiger partial charge >= 0.3 is 24.0 Å². The minimum atomic E-state index is -1.22. The van der Waals surface area contributed by atoms with Gasteiger partial charge in [-0.25, -0.2) is 14.4 Å². The molecular weight excluding hydrogens is 556 g/mol. The predicted octanol–water partition coefficient (Wildman–Crippen LogP) is 3.04. The second-order valence-corrected chi connectivity index (χ2v) is 9.27. The zero-order valence-corrected chi connectivity index (χ0v) is 24.0. The number of rotatable bonds is 13. The lowest BCUT2D eigenvalue weighted by Crippen LogP contribution is -2.39. The van der Waals surface area contributed by atoms with Crippen LogP contribution in [0.2, 0.25) is 0 Å². The van der Waals surface area contributed by atoms with Crippen LogP contribution in [-0.4, -0.2) is 72.9 Å². The van der Waals surface area contributed by atoms with Crippen LogP contribution in [0, 0.1) is 15.5 Å². The Bertz CT molecular complexity index is 1300. The lowest BCUT2D eigenvalue weighted by Gasteiger charge is -2.36. The van der Waals surface area contributed by atoms with E-state index < -0.39 is 47.7 Å². The van der Waals surface area contributed by atoms with Crippen molar-refractivity contribution < 1.29 is 47.8 Å². The third-order valence-electron chi connectivity index (χ3n) is 5.93. The molecule has 1 unspecified atom stereocenters. The fourth-order valence-corrected chi connectivity index (χ4v) is 4.10. The van der Waals surface area contributed by atoms with Gasteiger partial charge in [-0.3, -0.25) is 25.2 Å². The van der Waals surface area contributed by atoms with Crippen LogP contribution in [0.15, 0.2) is 46.8 Å². The number of ether oxygens (including phenoxy) is 5. The third kappa shape index (κ3) is 8.60. The van der Waals surface area contributed by atoms with Crippen molar-refractivity contribution in [1.82, 2.24) is 4.90 Å². The molecule has 1 atom stereocenters. The number of nitro benzene ring substituents is 1. The summed E-state index contributed by atoms with van der Waals surface area (Å²) < 4.78 is 25.7. The first-order chi connectivity index (χ1) is 19.8. The van der Waals surface area contributed by atoms with Gasteiger partial charge in [-0.05, 0) is 33.3 Å². The van der Waals surface area contributed by atoms with Crippen molar-refractivity contribution in [2.45, 2.75) is 52.6 Å². The summed E-state index contributed by atoms with van der Waals surface area (Å²) in [6, 6.07) is 5.37. The van der Waals surface area contributed by atoms with E-state index in [4.69, 9.17) is 34.8 Å². The topological polar surface area (TPSA) is 211 Å². The molecule has 1 aliphatic rings. The Labute approximate surface area is 241 Å². The van der Waals surface area contributed by atoms with E-state index in [2.05, 4.69) is 0 Å². The molecule has 15 heteroatoms. The maximum atomic E-state index is 13.5. The number of methoxy groups -OCH3 is 1. The highest BCUT2D eigenvalue weighted by atomic mass is 16.7. The normalized spacial score (nSPS) is 14.9. The lowest BCUT2D eigenvalue weighted by molar-refractivity contribution is -0.384. The van der Waals surface area contributed by atoms with E-state index in [0.717, 1.165) is 4.90 Å². The molecule has 0 aromatic heterocycles. The quantitative estimate of drug-likeness (QED) is 0.0496. The standard InChI is InChI=1S/C27H34N4O11/c1-15(2)42-26(34)23-17(4)30(27(35)41-14-40-21(32)10-9-20(28)29)16(3)22(25(33)39-12-11-38-5)24(23)18-7-6-8-19(13-18)31(36)37/h6-8,13,15,24H,9-12,14H2,1-5H3,(H3,28,29). The van der Waals surface area contributed by atoms with Gasteiger partial charge in [0.1, 0.15) is 6.61 Å². The van der Waals surface area contributed by atoms with Gasteiger partial charge < -0.3 is 29.4 Å². The number of carbonyl (C=O) groups excluding carboxylic acids is 4. The van der Waals surface area contributed by atoms with Crippen LogP contribution in [0.5, 0.6) is 0 Å². The van der Waals surface area contributed by atoms with Crippen molar-refractivity contribution >= 4 is 35.5 Å². The Morgan fingerprint density at radius 3 is 2.24 bits per heavy atom. The van der Waals surface area contributed by atoms with Gasteiger partial charge in [0.05, 0.1) is 47.0 Å². The lowest BCUT2D eigenvalue weighted by atomic mass is 9.79. The fourth-order valence-electron chi connectivity index (χ4n) is 4.10. The number of esters is 3. The first-order valence-electron chi connectivity index (χ1n) is 12.8. The summed E-state index contributed by atoms with van der Waals surface area (Å²) in [5, 5.41) is 18.7. The van der Waals surface area contributed by atoms with Gasteiger partial charge in [-0.15, -0.1) is 0 Å². The molecule has 1 heterocycles. The number of non-ortho nitro benzene ring substituents is 1. The van der Waals surface area contributed by atoms with Crippen molar-refractivity contribution in [2.24, 2.45) is 5.73 Å². The van der Waals surface area contributed by atoms with Crippen LogP contribution in [0.4, 0.5) is 10.5 Å². The number of amides is 1. The Balaban J connectivity index is 2.63. The highest BCUT2D eigenvalue weighted by molar-refractivity contribution is 6.01. The summed E-state index contributed by atoms with van der Waals surface area (Å²) in [6.45, 7) is 5.11. The molecule has 0 bridgehead atoms. The molecule has 2 rings (SSSR count). The molecule has 0 aliphatic carbocycles. The molecule has 1 aromatic carbocycles. The smallest absolute Gasteiger partial charge is 0.421 e. The highest BCUT2D eigenvalue weighted by Gasteiger charge is 2.43. The molecule has 0 fully saturated rings. The molecule has 0 saturated heterocycles. The fraction of sp³-hybridized carbons (Fsp3) is 0.444. The van der Waals surface area contributed by atoms with Crippen LogP contribution >= 0.6 is 0 Å². The molecule has 0 saturated carbocycles. The van der Waals surface area contributed by atoms with Crippen LogP contribution in [0.25, 0.3) is 0 Å². The Hall–Kier alpha value is -4.79. The number of nitrogens with one attached hydrogen (secondary N) is 1. The second-order valence-electron chi connectivity index (χ2n) is 9.27. The molecule has 42 heavy (non-hydrogen) atoms. The minimum Gasteiger partial charge on any atom is -0.460 e. The third-order valence-corrected chi connectivity index (χ3v) is 5.93. The second kappa shape index (κ2) is 15.3. The van der Waals surface area contributed by atoms with Crippen molar-refractivity contribution in [3.63, 3.8) is 0 Å². The highest BCUT2D eigenvalue weighted by Crippen LogP contribution is 2.44. The first-order valence-corrected chi connectivity index (χ1v) is 12.8. The summed E-state index contributed by atoms with van der Waals surface area (Å²) in [7, 11) is 1.40. The molecule has 1 aromatic rings. The Kier molecular flexibility index (Phi) is 12.2. The molecule has 0 spiro atoms. The number of carbonyl (C=O) groups is 4. The average molecular weight is 591 g/mol. The summed E-state index contributed by atoms with van der Waals surface area (Å²) in [5.74, 6) is -4.02. The van der Waals surface area contributed by atoms with Crippen LogP contribution in [0.3, 0.4) is 0 Å².